The summed E-state index contributed by atoms with van der Waals surface area (Å²) in [6.45, 7) is -0.375. The lowest BCUT2D eigenvalue weighted by molar-refractivity contribution is -0.133. The zero-order valence-electron chi connectivity index (χ0n) is 8.51. The molecular weight excluding hydrogens is 228 g/mol. The fraction of sp³-hybridized carbons (Fsp3) is 0.889. The summed E-state index contributed by atoms with van der Waals surface area (Å²) in [6.07, 6.45) is -0.229. The van der Waals surface area contributed by atoms with Gasteiger partial charge in [-0.1, -0.05) is 0 Å². The number of alkyl halides is 3. The highest BCUT2D eigenvalue weighted by atomic mass is 35.5. The number of ether oxygens (including phenoxy) is 1. The molecule has 15 heavy (non-hydrogen) atoms. The molecule has 1 amide bonds. The number of hydrogen-bond donors (Lipinski definition) is 0. The number of carbonyl (C=O) groups is 1. The number of methoxy groups -OCH3 is 1. The second-order valence-electron chi connectivity index (χ2n) is 3.63. The number of carbonyl (C=O) groups excluding carboxylic acids is 1. The van der Waals surface area contributed by atoms with Crippen LogP contribution in [0.5, 0.6) is 0 Å². The summed E-state index contributed by atoms with van der Waals surface area (Å²) in [5, 5.41) is 0. The summed E-state index contributed by atoms with van der Waals surface area (Å²) < 4.78 is 31.0. The molecule has 0 aliphatic carbocycles. The highest BCUT2D eigenvalue weighted by Gasteiger charge is 2.46. The first-order valence-electron chi connectivity index (χ1n) is 4.72. The molecule has 0 bridgehead atoms. The van der Waals surface area contributed by atoms with E-state index in [0.29, 0.717) is 0 Å². The van der Waals surface area contributed by atoms with Crippen LogP contribution in [0.4, 0.5) is 8.78 Å². The van der Waals surface area contributed by atoms with Crippen LogP contribution >= 0.6 is 11.6 Å². The molecule has 0 saturated carbocycles. The van der Waals surface area contributed by atoms with Gasteiger partial charge in [0.05, 0.1) is 19.2 Å². The summed E-state index contributed by atoms with van der Waals surface area (Å²) in [4.78, 5) is 12.6. The van der Waals surface area contributed by atoms with Crippen molar-refractivity contribution < 1.29 is 18.3 Å². The average Bonchev–Trinajstić information content (AvgIpc) is 2.42. The third-order valence-corrected chi connectivity index (χ3v) is 2.55. The SMILES string of the molecule is COC[C@@H]1CC(F)(F)CN1C(=O)CCCl. The van der Waals surface area contributed by atoms with E-state index in [9.17, 15) is 13.6 Å². The monoisotopic (exact) mass is 241 g/mol. The molecule has 0 unspecified atom stereocenters. The van der Waals surface area contributed by atoms with Crippen molar-refractivity contribution in [2.75, 3.05) is 26.1 Å². The first kappa shape index (κ1) is 12.6. The maximum absolute atomic E-state index is 13.1. The van der Waals surface area contributed by atoms with Gasteiger partial charge in [0.15, 0.2) is 0 Å². The van der Waals surface area contributed by atoms with Crippen LogP contribution in [0.3, 0.4) is 0 Å². The predicted molar refractivity (Wildman–Crippen MR) is 52.3 cm³/mol. The van der Waals surface area contributed by atoms with Crippen LogP contribution in [-0.4, -0.2) is 48.9 Å². The van der Waals surface area contributed by atoms with Crippen LogP contribution in [0.25, 0.3) is 0 Å². The van der Waals surface area contributed by atoms with Crippen LogP contribution < -0.4 is 0 Å². The zero-order valence-corrected chi connectivity index (χ0v) is 9.27. The van der Waals surface area contributed by atoms with Gasteiger partial charge in [-0.25, -0.2) is 8.78 Å². The molecule has 0 N–H and O–H groups in total. The number of nitrogens with zero attached hydrogens (tertiary/aromatic N) is 1. The van der Waals surface area contributed by atoms with E-state index in [1.54, 1.807) is 0 Å². The van der Waals surface area contributed by atoms with Gasteiger partial charge in [-0.3, -0.25) is 4.79 Å². The Morgan fingerprint density at radius 2 is 2.33 bits per heavy atom. The Morgan fingerprint density at radius 3 is 2.87 bits per heavy atom. The van der Waals surface area contributed by atoms with E-state index < -0.39 is 18.5 Å². The molecule has 1 aliphatic rings. The van der Waals surface area contributed by atoms with Crippen LogP contribution in [0.15, 0.2) is 0 Å². The van der Waals surface area contributed by atoms with Crippen molar-refractivity contribution in [2.45, 2.75) is 24.8 Å². The third-order valence-electron chi connectivity index (χ3n) is 2.36. The number of amides is 1. The minimum absolute atomic E-state index is 0.0951. The Labute approximate surface area is 92.3 Å². The van der Waals surface area contributed by atoms with E-state index in [0.717, 1.165) is 0 Å². The zero-order chi connectivity index (χ0) is 11.5. The van der Waals surface area contributed by atoms with Gasteiger partial charge in [-0.2, -0.15) is 0 Å². The highest BCUT2D eigenvalue weighted by molar-refractivity contribution is 6.18. The summed E-state index contributed by atoms with van der Waals surface area (Å²) >= 11 is 5.40. The topological polar surface area (TPSA) is 29.5 Å². The van der Waals surface area contributed by atoms with E-state index in [4.69, 9.17) is 16.3 Å². The van der Waals surface area contributed by atoms with Crippen LogP contribution in [-0.2, 0) is 9.53 Å². The minimum atomic E-state index is -2.80. The Hall–Kier alpha value is -0.420. The van der Waals surface area contributed by atoms with E-state index in [1.807, 2.05) is 0 Å². The summed E-state index contributed by atoms with van der Waals surface area (Å²) in [7, 11) is 1.43. The third kappa shape index (κ3) is 3.28. The largest absolute Gasteiger partial charge is 0.383 e. The number of rotatable bonds is 4. The van der Waals surface area contributed by atoms with Gasteiger partial charge in [0.25, 0.3) is 5.92 Å². The smallest absolute Gasteiger partial charge is 0.267 e. The van der Waals surface area contributed by atoms with Crippen molar-refractivity contribution in [2.24, 2.45) is 0 Å². The molecule has 0 spiro atoms. The maximum atomic E-state index is 13.1. The molecule has 1 heterocycles. The van der Waals surface area contributed by atoms with Crippen LogP contribution in [0.2, 0.25) is 0 Å². The molecule has 88 valence electrons. The van der Waals surface area contributed by atoms with Gasteiger partial charge in [0.2, 0.25) is 5.91 Å². The second-order valence-corrected chi connectivity index (χ2v) is 4.01. The molecule has 1 saturated heterocycles. The van der Waals surface area contributed by atoms with Gasteiger partial charge < -0.3 is 9.64 Å². The van der Waals surface area contributed by atoms with Crippen molar-refractivity contribution in [3.05, 3.63) is 0 Å². The van der Waals surface area contributed by atoms with E-state index in [1.165, 1.54) is 12.0 Å². The Morgan fingerprint density at radius 1 is 1.67 bits per heavy atom. The number of halogens is 3. The van der Waals surface area contributed by atoms with Crippen molar-refractivity contribution in [1.29, 1.82) is 0 Å². The Kier molecular flexibility index (Phi) is 4.28. The molecular formula is C9H14ClF2NO2. The lowest BCUT2D eigenvalue weighted by Gasteiger charge is -2.22. The Balaban J connectivity index is 2.64. The number of hydrogen-bond acceptors (Lipinski definition) is 2. The average molecular weight is 242 g/mol. The quantitative estimate of drug-likeness (QED) is 0.698. The molecule has 0 aromatic carbocycles. The minimum Gasteiger partial charge on any atom is -0.383 e. The molecule has 1 atom stereocenters. The molecule has 6 heteroatoms. The maximum Gasteiger partial charge on any atom is 0.267 e. The first-order valence-corrected chi connectivity index (χ1v) is 5.26. The fourth-order valence-corrected chi connectivity index (χ4v) is 1.92. The molecule has 0 aromatic rings. The summed E-state index contributed by atoms with van der Waals surface area (Å²) in [5.41, 5.74) is 0. The fourth-order valence-electron chi connectivity index (χ4n) is 1.76. The standard InChI is InChI=1S/C9H14ClF2NO2/c1-15-5-7-4-9(11,12)6-13(7)8(14)2-3-10/h7H,2-6H2,1H3/t7-/m0/s1. The molecule has 1 fully saturated rings. The van der Waals surface area contributed by atoms with Crippen LogP contribution in [0, 0.1) is 0 Å². The Bertz CT molecular complexity index is 238. The second kappa shape index (κ2) is 5.07. The molecule has 3 nitrogen and oxygen atoms in total. The predicted octanol–water partition coefficient (Wildman–Crippen LogP) is 1.50. The number of likely N-dealkylation sites (tertiary alicyclic amines) is 1. The van der Waals surface area contributed by atoms with Gasteiger partial charge in [0.1, 0.15) is 0 Å². The van der Waals surface area contributed by atoms with Crippen molar-refractivity contribution >= 4 is 17.5 Å². The lowest BCUT2D eigenvalue weighted by Crippen LogP contribution is -2.38. The van der Waals surface area contributed by atoms with E-state index in [2.05, 4.69) is 0 Å². The summed E-state index contributed by atoms with van der Waals surface area (Å²) in [6, 6.07) is -0.527. The van der Waals surface area contributed by atoms with Gasteiger partial charge in [-0.05, 0) is 0 Å². The van der Waals surface area contributed by atoms with Gasteiger partial charge in [0, 0.05) is 25.8 Å². The van der Waals surface area contributed by atoms with Gasteiger partial charge >= 0.3 is 0 Å². The van der Waals surface area contributed by atoms with Crippen LogP contribution in [0.1, 0.15) is 12.8 Å². The van der Waals surface area contributed by atoms with Crippen molar-refractivity contribution in [3.8, 4) is 0 Å². The molecule has 0 radical (unpaired) electrons. The van der Waals surface area contributed by atoms with Crippen molar-refractivity contribution in [3.63, 3.8) is 0 Å². The molecule has 0 aromatic heterocycles. The molecule has 1 rings (SSSR count). The summed E-state index contributed by atoms with van der Waals surface area (Å²) in [5.74, 6) is -2.98. The highest BCUT2D eigenvalue weighted by Crippen LogP contribution is 2.32. The molecule has 1 aliphatic heterocycles. The van der Waals surface area contributed by atoms with E-state index >= 15 is 0 Å². The normalized spacial score (nSPS) is 24.5. The van der Waals surface area contributed by atoms with Crippen molar-refractivity contribution in [1.82, 2.24) is 4.90 Å². The lowest BCUT2D eigenvalue weighted by atomic mass is 10.2. The van der Waals surface area contributed by atoms with Gasteiger partial charge in [-0.15, -0.1) is 11.6 Å². The first-order chi connectivity index (χ1) is 7.00. The van der Waals surface area contributed by atoms with E-state index in [-0.39, 0.29) is 31.2 Å².